The number of methoxy groups -OCH3 is 1. The van der Waals surface area contributed by atoms with Crippen molar-refractivity contribution in [3.8, 4) is 17.0 Å². The Kier molecular flexibility index (Phi) is 7.00. The largest absolute Gasteiger partial charge is 0.497 e. The van der Waals surface area contributed by atoms with Gasteiger partial charge in [0.2, 0.25) is 5.91 Å². The number of rotatable bonds is 7. The van der Waals surface area contributed by atoms with Gasteiger partial charge in [-0.25, -0.2) is 9.97 Å². The molecule has 1 aliphatic heterocycles. The molecule has 0 N–H and O–H groups in total. The summed E-state index contributed by atoms with van der Waals surface area (Å²) in [5.74, 6) is 1.89. The predicted molar refractivity (Wildman–Crippen MR) is 126 cm³/mol. The molecule has 4 rings (SSSR count). The van der Waals surface area contributed by atoms with Crippen molar-refractivity contribution < 1.29 is 9.53 Å². The highest BCUT2D eigenvalue weighted by molar-refractivity contribution is 5.80. The topological polar surface area (TPSA) is 58.6 Å². The number of ether oxygens (including phenoxy) is 1. The summed E-state index contributed by atoms with van der Waals surface area (Å²) in [5.41, 5.74) is 3.04. The molecule has 2 aromatic carbocycles. The van der Waals surface area contributed by atoms with Crippen molar-refractivity contribution in [3.63, 3.8) is 0 Å². The van der Waals surface area contributed by atoms with Crippen LogP contribution < -0.4 is 9.64 Å². The molecular weight excluding hydrogens is 400 g/mol. The molecular formula is C26H30N4O2. The number of hydrogen-bond acceptors (Lipinski definition) is 5. The van der Waals surface area contributed by atoms with Crippen LogP contribution in [-0.2, 0) is 11.3 Å². The zero-order valence-corrected chi connectivity index (χ0v) is 18.8. The lowest BCUT2D eigenvalue weighted by molar-refractivity contribution is -0.136. The maximum atomic E-state index is 13.3. The first-order valence-electron chi connectivity index (χ1n) is 11.2. The van der Waals surface area contributed by atoms with Gasteiger partial charge in [0.05, 0.1) is 18.7 Å². The highest BCUT2D eigenvalue weighted by Gasteiger charge is 2.29. The molecule has 6 nitrogen and oxygen atoms in total. The quantitative estimate of drug-likeness (QED) is 0.555. The van der Waals surface area contributed by atoms with Crippen molar-refractivity contribution in [3.05, 3.63) is 72.6 Å². The third-order valence-corrected chi connectivity index (χ3v) is 6.04. The van der Waals surface area contributed by atoms with Crippen molar-refractivity contribution in [1.82, 2.24) is 14.9 Å². The highest BCUT2D eigenvalue weighted by Crippen LogP contribution is 2.27. The van der Waals surface area contributed by atoms with Gasteiger partial charge in [0.25, 0.3) is 0 Å². The number of amides is 1. The summed E-state index contributed by atoms with van der Waals surface area (Å²) in [7, 11) is 1.66. The van der Waals surface area contributed by atoms with E-state index in [4.69, 9.17) is 4.74 Å². The molecule has 3 aromatic rings. The molecule has 166 valence electrons. The van der Waals surface area contributed by atoms with Gasteiger partial charge in [0.15, 0.2) is 0 Å². The lowest BCUT2D eigenvalue weighted by Crippen LogP contribution is -2.45. The summed E-state index contributed by atoms with van der Waals surface area (Å²) < 4.78 is 5.25. The number of aromatic nitrogens is 2. The van der Waals surface area contributed by atoms with Crippen LogP contribution in [0.2, 0.25) is 0 Å². The average Bonchev–Trinajstić information content (AvgIpc) is 2.87. The molecule has 6 heteroatoms. The molecule has 1 amide bonds. The molecule has 1 unspecified atom stereocenters. The van der Waals surface area contributed by atoms with E-state index in [0.717, 1.165) is 47.8 Å². The van der Waals surface area contributed by atoms with Crippen LogP contribution in [0.25, 0.3) is 11.3 Å². The van der Waals surface area contributed by atoms with Crippen molar-refractivity contribution in [2.75, 3.05) is 31.6 Å². The van der Waals surface area contributed by atoms with Gasteiger partial charge in [-0.15, -0.1) is 0 Å². The third-order valence-electron chi connectivity index (χ3n) is 6.04. The molecule has 32 heavy (non-hydrogen) atoms. The van der Waals surface area contributed by atoms with E-state index in [2.05, 4.69) is 27.0 Å². The first kappa shape index (κ1) is 21.8. The minimum absolute atomic E-state index is 0.0215. The molecule has 1 aromatic heterocycles. The van der Waals surface area contributed by atoms with Gasteiger partial charge in [-0.2, -0.15) is 0 Å². The second-order valence-electron chi connectivity index (χ2n) is 8.11. The van der Waals surface area contributed by atoms with E-state index in [0.29, 0.717) is 19.6 Å². The molecule has 0 spiro atoms. The summed E-state index contributed by atoms with van der Waals surface area (Å²) in [6.45, 7) is 4.99. The maximum absolute atomic E-state index is 13.3. The first-order chi connectivity index (χ1) is 15.7. The van der Waals surface area contributed by atoms with Crippen LogP contribution in [0.5, 0.6) is 5.75 Å². The number of carbonyl (C=O) groups excluding carboxylic acids is 1. The Labute approximate surface area is 189 Å². The van der Waals surface area contributed by atoms with Gasteiger partial charge in [-0.05, 0) is 49.6 Å². The van der Waals surface area contributed by atoms with Crippen LogP contribution in [-0.4, -0.2) is 47.5 Å². The smallest absolute Gasteiger partial charge is 0.227 e. The number of anilines is 1. The van der Waals surface area contributed by atoms with Crippen LogP contribution in [0, 0.1) is 5.92 Å². The Balaban J connectivity index is 1.46. The summed E-state index contributed by atoms with van der Waals surface area (Å²) >= 11 is 0. The lowest BCUT2D eigenvalue weighted by Gasteiger charge is -2.35. The molecule has 1 saturated heterocycles. The second kappa shape index (κ2) is 10.3. The van der Waals surface area contributed by atoms with Gasteiger partial charge < -0.3 is 14.5 Å². The summed E-state index contributed by atoms with van der Waals surface area (Å²) in [6, 6.07) is 20.1. The number of benzene rings is 2. The standard InChI is InChI=1S/C26H30N4O2/c1-3-29(17-20-8-5-4-6-9-20)26(31)22-10-7-15-30(18-22)25-16-24(27-19-28-25)21-11-13-23(32-2)14-12-21/h4-6,8-9,11-14,16,19,22H,3,7,10,15,17-18H2,1-2H3. The van der Waals surface area contributed by atoms with Gasteiger partial charge in [0.1, 0.15) is 17.9 Å². The molecule has 1 aliphatic rings. The third kappa shape index (κ3) is 5.07. The van der Waals surface area contributed by atoms with E-state index in [9.17, 15) is 4.79 Å². The number of piperidine rings is 1. The fourth-order valence-corrected chi connectivity index (χ4v) is 4.23. The van der Waals surface area contributed by atoms with Crippen molar-refractivity contribution in [2.24, 2.45) is 5.92 Å². The molecule has 0 bridgehead atoms. The second-order valence-corrected chi connectivity index (χ2v) is 8.11. The molecule has 0 radical (unpaired) electrons. The molecule has 1 fully saturated rings. The fraction of sp³-hybridized carbons (Fsp3) is 0.346. The summed E-state index contributed by atoms with van der Waals surface area (Å²) in [5, 5.41) is 0. The zero-order valence-electron chi connectivity index (χ0n) is 18.8. The van der Waals surface area contributed by atoms with Crippen LogP contribution >= 0.6 is 0 Å². The average molecular weight is 431 g/mol. The number of hydrogen-bond donors (Lipinski definition) is 0. The SMILES string of the molecule is CCN(Cc1ccccc1)C(=O)C1CCCN(c2cc(-c3ccc(OC)cc3)ncn2)C1. The lowest BCUT2D eigenvalue weighted by atomic mass is 9.96. The molecule has 0 aliphatic carbocycles. The van der Waals surface area contributed by atoms with Gasteiger partial charge in [-0.3, -0.25) is 4.79 Å². The Hall–Kier alpha value is -3.41. The molecule has 2 heterocycles. The van der Waals surface area contributed by atoms with E-state index < -0.39 is 0 Å². The predicted octanol–water partition coefficient (Wildman–Crippen LogP) is 4.42. The van der Waals surface area contributed by atoms with Gasteiger partial charge in [-0.1, -0.05) is 30.3 Å². The molecule has 1 atom stereocenters. The normalized spacial score (nSPS) is 15.9. The maximum Gasteiger partial charge on any atom is 0.227 e. The Bertz CT molecular complexity index is 1020. The van der Waals surface area contributed by atoms with Gasteiger partial charge >= 0.3 is 0 Å². The van der Waals surface area contributed by atoms with Crippen LogP contribution in [0.1, 0.15) is 25.3 Å². The van der Waals surface area contributed by atoms with E-state index >= 15 is 0 Å². The molecule has 0 saturated carbocycles. The highest BCUT2D eigenvalue weighted by atomic mass is 16.5. The number of carbonyl (C=O) groups is 1. The first-order valence-corrected chi connectivity index (χ1v) is 11.2. The Morgan fingerprint density at radius 2 is 1.91 bits per heavy atom. The van der Waals surface area contributed by atoms with Crippen molar-refractivity contribution in [1.29, 1.82) is 0 Å². The minimum atomic E-state index is -0.0215. The summed E-state index contributed by atoms with van der Waals surface area (Å²) in [4.78, 5) is 26.5. The van der Waals surface area contributed by atoms with E-state index in [1.807, 2.05) is 60.4 Å². The number of nitrogens with zero attached hydrogens (tertiary/aromatic N) is 4. The summed E-state index contributed by atoms with van der Waals surface area (Å²) in [6.07, 6.45) is 3.49. The zero-order chi connectivity index (χ0) is 22.3. The van der Waals surface area contributed by atoms with E-state index in [-0.39, 0.29) is 11.8 Å². The minimum Gasteiger partial charge on any atom is -0.497 e. The van der Waals surface area contributed by atoms with Gasteiger partial charge in [0, 0.05) is 37.8 Å². The van der Waals surface area contributed by atoms with Crippen molar-refractivity contribution >= 4 is 11.7 Å². The van der Waals surface area contributed by atoms with Crippen LogP contribution in [0.15, 0.2) is 67.0 Å². The fourth-order valence-electron chi connectivity index (χ4n) is 4.23. The monoisotopic (exact) mass is 430 g/mol. The Morgan fingerprint density at radius 3 is 2.62 bits per heavy atom. The van der Waals surface area contributed by atoms with E-state index in [1.54, 1.807) is 13.4 Å². The van der Waals surface area contributed by atoms with Crippen molar-refractivity contribution in [2.45, 2.75) is 26.3 Å². The Morgan fingerprint density at radius 1 is 1.12 bits per heavy atom. The van der Waals surface area contributed by atoms with Crippen LogP contribution in [0.4, 0.5) is 5.82 Å². The van der Waals surface area contributed by atoms with E-state index in [1.165, 1.54) is 0 Å². The van der Waals surface area contributed by atoms with Crippen LogP contribution in [0.3, 0.4) is 0 Å².